The van der Waals surface area contributed by atoms with Crippen molar-refractivity contribution in [2.75, 3.05) is 24.3 Å². The monoisotopic (exact) mass is 516 g/mol. The number of nitrogens with one attached hydrogen (secondary N) is 2. The minimum atomic E-state index is -4.52. The lowest BCUT2D eigenvalue weighted by Gasteiger charge is -2.14. The third-order valence-corrected chi connectivity index (χ3v) is 5.38. The summed E-state index contributed by atoms with van der Waals surface area (Å²) >= 11 is 6.31. The second-order valence-corrected chi connectivity index (χ2v) is 8.28. The number of ether oxygens (including phenoxy) is 1. The van der Waals surface area contributed by atoms with E-state index < -0.39 is 17.9 Å². The van der Waals surface area contributed by atoms with Crippen LogP contribution in [0.3, 0.4) is 0 Å². The highest BCUT2D eigenvalue weighted by molar-refractivity contribution is 6.33. The van der Waals surface area contributed by atoms with Gasteiger partial charge in [-0.1, -0.05) is 17.7 Å². The van der Waals surface area contributed by atoms with E-state index in [2.05, 4.69) is 25.6 Å². The predicted octanol–water partition coefficient (Wildman–Crippen LogP) is 5.88. The van der Waals surface area contributed by atoms with Crippen LogP contribution in [-0.2, 0) is 12.7 Å². The Labute approximate surface area is 209 Å². The summed E-state index contributed by atoms with van der Waals surface area (Å²) in [6, 6.07) is 11.9. The molecular formula is C24H20ClF3N6O2. The summed E-state index contributed by atoms with van der Waals surface area (Å²) in [4.78, 5) is 26.1. The number of anilines is 2. The molecule has 0 bridgehead atoms. The molecule has 2 amide bonds. The maximum Gasteiger partial charge on any atom is 0.433 e. The Morgan fingerprint density at radius 3 is 2.53 bits per heavy atom. The predicted molar refractivity (Wildman–Crippen MR) is 130 cm³/mol. The molecule has 36 heavy (non-hydrogen) atoms. The maximum atomic E-state index is 12.6. The van der Waals surface area contributed by atoms with Gasteiger partial charge in [-0.2, -0.15) is 13.2 Å². The molecule has 0 saturated heterocycles. The van der Waals surface area contributed by atoms with E-state index in [9.17, 15) is 18.0 Å². The number of amides is 2. The number of benzene rings is 2. The van der Waals surface area contributed by atoms with Crippen LogP contribution in [0.25, 0.3) is 10.9 Å². The van der Waals surface area contributed by atoms with Crippen molar-refractivity contribution in [3.05, 3.63) is 77.3 Å². The molecule has 0 atom stereocenters. The number of carbonyl (C=O) groups excluding carboxylic acids is 1. The molecule has 0 aliphatic carbocycles. The zero-order valence-electron chi connectivity index (χ0n) is 19.1. The number of halogens is 4. The van der Waals surface area contributed by atoms with Crippen LogP contribution in [0.1, 0.15) is 11.3 Å². The quantitative estimate of drug-likeness (QED) is 0.332. The molecule has 2 aromatic carbocycles. The van der Waals surface area contributed by atoms with Crippen molar-refractivity contribution < 1.29 is 22.7 Å². The van der Waals surface area contributed by atoms with Crippen molar-refractivity contribution in [1.82, 2.24) is 20.3 Å². The first-order valence-corrected chi connectivity index (χ1v) is 10.9. The van der Waals surface area contributed by atoms with E-state index in [1.807, 2.05) is 37.2 Å². The van der Waals surface area contributed by atoms with Crippen LogP contribution in [0.4, 0.5) is 29.3 Å². The number of fused-ring (bicyclic) bond motifs is 1. The summed E-state index contributed by atoms with van der Waals surface area (Å²) in [5.74, 6) is 0.753. The molecule has 2 N–H and O–H groups in total. The molecule has 8 nitrogen and oxygen atoms in total. The molecule has 0 unspecified atom stereocenters. The Hall–Kier alpha value is -4.12. The number of nitrogens with zero attached hydrogens (tertiary/aromatic N) is 4. The van der Waals surface area contributed by atoms with Crippen LogP contribution in [0, 0.1) is 0 Å². The number of pyridine rings is 1. The van der Waals surface area contributed by atoms with E-state index in [1.54, 1.807) is 12.1 Å². The maximum absolute atomic E-state index is 12.6. The van der Waals surface area contributed by atoms with Gasteiger partial charge in [-0.15, -0.1) is 0 Å². The number of urea groups is 1. The van der Waals surface area contributed by atoms with Gasteiger partial charge in [-0.3, -0.25) is 4.98 Å². The first kappa shape index (κ1) is 25.0. The van der Waals surface area contributed by atoms with Gasteiger partial charge in [0.05, 0.1) is 21.6 Å². The number of hydrogen-bond acceptors (Lipinski definition) is 6. The van der Waals surface area contributed by atoms with E-state index in [4.69, 9.17) is 16.3 Å². The number of rotatable bonds is 6. The zero-order chi connectivity index (χ0) is 25.9. The molecule has 4 rings (SSSR count). The average molecular weight is 517 g/mol. The Balaban J connectivity index is 1.39. The van der Waals surface area contributed by atoms with Gasteiger partial charge in [0.2, 0.25) is 5.88 Å². The van der Waals surface area contributed by atoms with Gasteiger partial charge in [0.15, 0.2) is 0 Å². The number of aromatic nitrogens is 3. The molecule has 0 saturated carbocycles. The average Bonchev–Trinajstić information content (AvgIpc) is 2.84. The summed E-state index contributed by atoms with van der Waals surface area (Å²) < 4.78 is 43.7. The van der Waals surface area contributed by atoms with E-state index in [0.29, 0.717) is 22.9 Å². The molecule has 0 aliphatic heterocycles. The minimum Gasteiger partial charge on any atom is -0.438 e. The Kier molecular flexibility index (Phi) is 7.11. The lowest BCUT2D eigenvalue weighted by atomic mass is 10.2. The molecule has 4 aromatic rings. The number of hydrogen-bond donors (Lipinski definition) is 2. The first-order chi connectivity index (χ1) is 17.1. The van der Waals surface area contributed by atoms with Crippen molar-refractivity contribution in [2.24, 2.45) is 0 Å². The fourth-order valence-corrected chi connectivity index (χ4v) is 3.42. The van der Waals surface area contributed by atoms with Gasteiger partial charge >= 0.3 is 12.2 Å². The Morgan fingerprint density at radius 2 is 1.86 bits per heavy atom. The SMILES string of the molecule is CN(C)c1ccc2c(Oc3ccc(NC(=O)NCc4ccc(C(F)(F)F)nc4)c(Cl)c3)ncnc2c1. The molecule has 0 fully saturated rings. The highest BCUT2D eigenvalue weighted by atomic mass is 35.5. The molecule has 12 heteroatoms. The molecular weight excluding hydrogens is 497 g/mol. The third kappa shape index (κ3) is 5.92. The lowest BCUT2D eigenvalue weighted by Crippen LogP contribution is -2.28. The summed E-state index contributed by atoms with van der Waals surface area (Å²) in [7, 11) is 3.87. The van der Waals surface area contributed by atoms with E-state index in [-0.39, 0.29) is 11.6 Å². The van der Waals surface area contributed by atoms with E-state index in [0.717, 1.165) is 28.9 Å². The van der Waals surface area contributed by atoms with Crippen LogP contribution in [0.15, 0.2) is 61.1 Å². The van der Waals surface area contributed by atoms with Crippen LogP contribution in [-0.4, -0.2) is 35.1 Å². The van der Waals surface area contributed by atoms with Crippen LogP contribution < -0.4 is 20.3 Å². The Morgan fingerprint density at radius 1 is 1.06 bits per heavy atom. The molecule has 0 aliphatic rings. The van der Waals surface area contributed by atoms with Crippen LogP contribution >= 0.6 is 11.6 Å². The fourth-order valence-electron chi connectivity index (χ4n) is 3.20. The number of alkyl halides is 3. The van der Waals surface area contributed by atoms with Crippen molar-refractivity contribution >= 4 is 39.9 Å². The minimum absolute atomic E-state index is 0.0217. The van der Waals surface area contributed by atoms with E-state index in [1.165, 1.54) is 18.5 Å². The molecule has 2 heterocycles. The second-order valence-electron chi connectivity index (χ2n) is 7.88. The van der Waals surface area contributed by atoms with Crippen LogP contribution in [0.2, 0.25) is 5.02 Å². The molecule has 186 valence electrons. The summed E-state index contributed by atoms with van der Waals surface area (Å²) in [6.07, 6.45) is -2.06. The largest absolute Gasteiger partial charge is 0.438 e. The van der Waals surface area contributed by atoms with E-state index >= 15 is 0 Å². The van der Waals surface area contributed by atoms with Gasteiger partial charge in [-0.25, -0.2) is 14.8 Å². The standard InChI is InChI=1S/C24H20ClF3N6O2/c1-34(2)15-4-6-17-20(9-15)31-13-32-22(17)36-16-5-7-19(18(25)10-16)33-23(35)30-12-14-3-8-21(29-11-14)24(26,27)28/h3-11,13H,12H2,1-2H3,(H2,30,33,35). The summed E-state index contributed by atoms with van der Waals surface area (Å²) in [6.45, 7) is -0.0217. The van der Waals surface area contributed by atoms with Gasteiger partial charge < -0.3 is 20.3 Å². The Bertz CT molecular complexity index is 1400. The highest BCUT2D eigenvalue weighted by Gasteiger charge is 2.32. The zero-order valence-corrected chi connectivity index (χ0v) is 19.9. The van der Waals surface area contributed by atoms with Crippen molar-refractivity contribution in [3.8, 4) is 11.6 Å². The molecule has 0 spiro atoms. The fraction of sp³-hybridized carbons (Fsp3) is 0.167. The first-order valence-electron chi connectivity index (χ1n) is 10.6. The smallest absolute Gasteiger partial charge is 0.433 e. The topological polar surface area (TPSA) is 92.3 Å². The van der Waals surface area contributed by atoms with Crippen molar-refractivity contribution in [1.29, 1.82) is 0 Å². The normalized spacial score (nSPS) is 11.3. The van der Waals surface area contributed by atoms with Gasteiger partial charge in [0.25, 0.3) is 0 Å². The lowest BCUT2D eigenvalue weighted by molar-refractivity contribution is -0.141. The molecule has 2 aromatic heterocycles. The highest BCUT2D eigenvalue weighted by Crippen LogP contribution is 2.32. The third-order valence-electron chi connectivity index (χ3n) is 5.07. The molecule has 0 radical (unpaired) electrons. The van der Waals surface area contributed by atoms with Gasteiger partial charge in [0, 0.05) is 38.6 Å². The van der Waals surface area contributed by atoms with Crippen LogP contribution in [0.5, 0.6) is 11.6 Å². The van der Waals surface area contributed by atoms with Crippen molar-refractivity contribution in [2.45, 2.75) is 12.7 Å². The van der Waals surface area contributed by atoms with Gasteiger partial charge in [-0.05, 0) is 42.0 Å². The van der Waals surface area contributed by atoms with Gasteiger partial charge in [0.1, 0.15) is 17.8 Å². The second kappa shape index (κ2) is 10.2. The summed E-state index contributed by atoms with van der Waals surface area (Å²) in [5, 5.41) is 6.06. The van der Waals surface area contributed by atoms with Crippen molar-refractivity contribution in [3.63, 3.8) is 0 Å². The summed E-state index contributed by atoms with van der Waals surface area (Å²) in [5.41, 5.74) is 1.42. The number of carbonyl (C=O) groups is 1.